The van der Waals surface area contributed by atoms with E-state index in [0.29, 0.717) is 13.0 Å². The molecule has 0 spiro atoms. The van der Waals surface area contributed by atoms with Gasteiger partial charge in [0.15, 0.2) is 5.11 Å². The summed E-state index contributed by atoms with van der Waals surface area (Å²) >= 11 is 4.76. The second-order valence-corrected chi connectivity index (χ2v) is 4.06. The van der Waals surface area contributed by atoms with Crippen molar-refractivity contribution in [2.45, 2.75) is 13.3 Å². The number of aryl methyl sites for hydroxylation is 1. The molecule has 1 amide bonds. The van der Waals surface area contributed by atoms with Crippen LogP contribution in [0.4, 0.5) is 10.5 Å². The molecule has 0 atom stereocenters. The number of hydrogen-bond donors (Lipinski definition) is 4. The van der Waals surface area contributed by atoms with Gasteiger partial charge in [0, 0.05) is 12.2 Å². The van der Waals surface area contributed by atoms with Crippen LogP contribution < -0.4 is 16.4 Å². The predicted molar refractivity (Wildman–Crippen MR) is 71.3 cm³/mol. The van der Waals surface area contributed by atoms with Gasteiger partial charge in [-0.1, -0.05) is 12.1 Å². The zero-order chi connectivity index (χ0) is 12.8. The van der Waals surface area contributed by atoms with Gasteiger partial charge in [-0.2, -0.15) is 0 Å². The lowest BCUT2D eigenvalue weighted by atomic mass is 10.1. The molecular formula is C11H15N3O2S. The van der Waals surface area contributed by atoms with Gasteiger partial charge >= 0.3 is 6.09 Å². The Balaban J connectivity index is 2.62. The third kappa shape index (κ3) is 4.69. The highest BCUT2D eigenvalue weighted by Crippen LogP contribution is 2.16. The summed E-state index contributed by atoms with van der Waals surface area (Å²) in [6.07, 6.45) is -0.353. The van der Waals surface area contributed by atoms with Crippen LogP contribution in [0.5, 0.6) is 0 Å². The van der Waals surface area contributed by atoms with E-state index < -0.39 is 6.09 Å². The van der Waals surface area contributed by atoms with Crippen LogP contribution in [-0.4, -0.2) is 22.9 Å². The molecule has 17 heavy (non-hydrogen) atoms. The van der Waals surface area contributed by atoms with Crippen LogP contribution in [0, 0.1) is 6.92 Å². The highest BCUT2D eigenvalue weighted by Gasteiger charge is 2.01. The number of amides is 1. The van der Waals surface area contributed by atoms with E-state index in [9.17, 15) is 4.79 Å². The Morgan fingerprint density at radius 1 is 1.53 bits per heavy atom. The summed E-state index contributed by atoms with van der Waals surface area (Å²) in [6, 6.07) is 5.77. The molecule has 1 aromatic rings. The van der Waals surface area contributed by atoms with Crippen LogP contribution in [0.15, 0.2) is 18.2 Å². The monoisotopic (exact) mass is 253 g/mol. The summed E-state index contributed by atoms with van der Waals surface area (Å²) in [7, 11) is 0. The summed E-state index contributed by atoms with van der Waals surface area (Å²) < 4.78 is 0. The first-order valence-electron chi connectivity index (χ1n) is 5.12. The number of hydrogen-bond acceptors (Lipinski definition) is 2. The van der Waals surface area contributed by atoms with E-state index in [1.54, 1.807) is 0 Å². The Bertz CT molecular complexity index is 435. The Labute approximate surface area is 105 Å². The van der Waals surface area contributed by atoms with Gasteiger partial charge in [-0.05, 0) is 42.8 Å². The largest absolute Gasteiger partial charge is 0.465 e. The molecule has 0 aliphatic rings. The molecule has 5 N–H and O–H groups in total. The average Bonchev–Trinajstić information content (AvgIpc) is 2.21. The Hall–Kier alpha value is -1.82. The predicted octanol–water partition coefficient (Wildman–Crippen LogP) is 1.46. The van der Waals surface area contributed by atoms with E-state index in [-0.39, 0.29) is 5.11 Å². The summed E-state index contributed by atoms with van der Waals surface area (Å²) in [5.74, 6) is 0. The number of benzene rings is 1. The van der Waals surface area contributed by atoms with Gasteiger partial charge in [0.2, 0.25) is 0 Å². The van der Waals surface area contributed by atoms with Crippen LogP contribution in [0.2, 0.25) is 0 Å². The Kier molecular flexibility index (Phi) is 4.71. The molecule has 92 valence electrons. The second-order valence-electron chi connectivity index (χ2n) is 3.62. The number of nitrogens with two attached hydrogens (primary N) is 1. The molecule has 1 rings (SSSR count). The van der Waals surface area contributed by atoms with E-state index in [1.165, 1.54) is 0 Å². The fourth-order valence-electron chi connectivity index (χ4n) is 1.47. The first-order valence-corrected chi connectivity index (χ1v) is 5.52. The molecule has 0 aliphatic carbocycles. The molecule has 0 unspecified atom stereocenters. The van der Waals surface area contributed by atoms with Gasteiger partial charge in [0.05, 0.1) is 0 Å². The third-order valence-electron chi connectivity index (χ3n) is 2.24. The summed E-state index contributed by atoms with van der Waals surface area (Å²) in [5.41, 5.74) is 8.34. The molecule has 0 radical (unpaired) electrons. The van der Waals surface area contributed by atoms with Crippen LogP contribution in [-0.2, 0) is 6.42 Å². The molecule has 0 heterocycles. The quantitative estimate of drug-likeness (QED) is 0.610. The van der Waals surface area contributed by atoms with Crippen LogP contribution in [0.3, 0.4) is 0 Å². The van der Waals surface area contributed by atoms with Crippen LogP contribution in [0.1, 0.15) is 11.1 Å². The van der Waals surface area contributed by atoms with Gasteiger partial charge < -0.3 is 21.5 Å². The molecule has 0 saturated carbocycles. The second kappa shape index (κ2) is 6.05. The summed E-state index contributed by atoms with van der Waals surface area (Å²) in [5, 5.41) is 13.9. The van der Waals surface area contributed by atoms with E-state index in [1.807, 2.05) is 25.1 Å². The maximum atomic E-state index is 10.3. The Morgan fingerprint density at radius 2 is 2.24 bits per heavy atom. The molecule has 0 aromatic heterocycles. The van der Waals surface area contributed by atoms with E-state index in [0.717, 1.165) is 16.8 Å². The van der Waals surface area contributed by atoms with Crippen molar-refractivity contribution in [3.05, 3.63) is 29.3 Å². The van der Waals surface area contributed by atoms with Gasteiger partial charge in [0.25, 0.3) is 0 Å². The molecule has 0 aliphatic heterocycles. The molecule has 0 bridgehead atoms. The SMILES string of the molecule is Cc1cc(CCNC(=O)O)ccc1NC(N)=S. The fourth-order valence-corrected chi connectivity index (χ4v) is 1.58. The van der Waals surface area contributed by atoms with Crippen molar-refractivity contribution in [2.75, 3.05) is 11.9 Å². The van der Waals surface area contributed by atoms with Gasteiger partial charge in [0.1, 0.15) is 0 Å². The maximum Gasteiger partial charge on any atom is 0.404 e. The lowest BCUT2D eigenvalue weighted by Crippen LogP contribution is -2.23. The Morgan fingerprint density at radius 3 is 2.76 bits per heavy atom. The highest BCUT2D eigenvalue weighted by molar-refractivity contribution is 7.80. The van der Waals surface area contributed by atoms with Crippen molar-refractivity contribution in [2.24, 2.45) is 5.73 Å². The maximum absolute atomic E-state index is 10.3. The number of rotatable bonds is 4. The molecular weight excluding hydrogens is 238 g/mol. The standard InChI is InChI=1S/C11H15N3O2S/c1-7-6-8(4-5-13-11(15)16)2-3-9(7)14-10(12)17/h2-3,6,13H,4-5H2,1H3,(H,15,16)(H3,12,14,17). The topological polar surface area (TPSA) is 87.4 Å². The number of thiocarbonyl (C=S) groups is 1. The lowest BCUT2D eigenvalue weighted by molar-refractivity contribution is 0.194. The molecule has 0 fully saturated rings. The van der Waals surface area contributed by atoms with Gasteiger partial charge in [-0.15, -0.1) is 0 Å². The van der Waals surface area contributed by atoms with E-state index in [2.05, 4.69) is 10.6 Å². The van der Waals surface area contributed by atoms with Crippen molar-refractivity contribution in [1.29, 1.82) is 0 Å². The van der Waals surface area contributed by atoms with Crippen molar-refractivity contribution in [3.63, 3.8) is 0 Å². The lowest BCUT2D eigenvalue weighted by Gasteiger charge is -2.09. The zero-order valence-corrected chi connectivity index (χ0v) is 10.3. The number of carbonyl (C=O) groups is 1. The fraction of sp³-hybridized carbons (Fsp3) is 0.273. The zero-order valence-electron chi connectivity index (χ0n) is 9.49. The first kappa shape index (κ1) is 13.2. The number of carboxylic acid groups (broad SMARTS) is 1. The third-order valence-corrected chi connectivity index (χ3v) is 2.34. The van der Waals surface area contributed by atoms with E-state index >= 15 is 0 Å². The smallest absolute Gasteiger partial charge is 0.404 e. The van der Waals surface area contributed by atoms with Crippen molar-refractivity contribution < 1.29 is 9.90 Å². The first-order chi connectivity index (χ1) is 7.99. The van der Waals surface area contributed by atoms with Crippen LogP contribution >= 0.6 is 12.2 Å². The normalized spacial score (nSPS) is 9.71. The molecule has 1 aromatic carbocycles. The minimum Gasteiger partial charge on any atom is -0.465 e. The van der Waals surface area contributed by atoms with Crippen molar-refractivity contribution >= 4 is 29.1 Å². The van der Waals surface area contributed by atoms with Crippen molar-refractivity contribution in [1.82, 2.24) is 5.32 Å². The summed E-state index contributed by atoms with van der Waals surface area (Å²) in [6.45, 7) is 2.34. The van der Waals surface area contributed by atoms with Gasteiger partial charge in [-0.25, -0.2) is 4.79 Å². The van der Waals surface area contributed by atoms with Crippen LogP contribution in [0.25, 0.3) is 0 Å². The highest BCUT2D eigenvalue weighted by atomic mass is 32.1. The minimum absolute atomic E-state index is 0.230. The van der Waals surface area contributed by atoms with Crippen molar-refractivity contribution in [3.8, 4) is 0 Å². The number of nitrogens with one attached hydrogen (secondary N) is 2. The molecule has 0 saturated heterocycles. The molecule has 5 nitrogen and oxygen atoms in total. The minimum atomic E-state index is -1.01. The van der Waals surface area contributed by atoms with E-state index in [4.69, 9.17) is 23.1 Å². The van der Waals surface area contributed by atoms with Gasteiger partial charge in [-0.3, -0.25) is 0 Å². The summed E-state index contributed by atoms with van der Waals surface area (Å²) in [4.78, 5) is 10.3. The molecule has 6 heteroatoms. The average molecular weight is 253 g/mol. The number of anilines is 1.